The van der Waals surface area contributed by atoms with Gasteiger partial charge in [-0.05, 0) is 22.6 Å². The van der Waals surface area contributed by atoms with Crippen molar-refractivity contribution in [3.05, 3.63) is 52.4 Å². The van der Waals surface area contributed by atoms with Crippen molar-refractivity contribution in [3.8, 4) is 0 Å². The van der Waals surface area contributed by atoms with E-state index in [9.17, 15) is 9.59 Å². The van der Waals surface area contributed by atoms with E-state index in [0.29, 0.717) is 11.5 Å². The smallest absolute Gasteiger partial charge is 0.338 e. The summed E-state index contributed by atoms with van der Waals surface area (Å²) in [5.74, 6) is -1.08. The van der Waals surface area contributed by atoms with Crippen molar-refractivity contribution in [1.29, 1.82) is 0 Å². The molecule has 1 aromatic carbocycles. The monoisotopic (exact) mass is 306 g/mol. The summed E-state index contributed by atoms with van der Waals surface area (Å²) in [7, 11) is 0. The van der Waals surface area contributed by atoms with Crippen LogP contribution < -0.4 is 10.6 Å². The quantitative estimate of drug-likeness (QED) is 0.681. The summed E-state index contributed by atoms with van der Waals surface area (Å²) in [5, 5.41) is 24.9. The van der Waals surface area contributed by atoms with Crippen LogP contribution in [0.1, 0.15) is 21.5 Å². The third-order valence-corrected chi connectivity index (χ3v) is 3.61. The van der Waals surface area contributed by atoms with Crippen LogP contribution in [0.15, 0.2) is 35.7 Å². The molecule has 2 amide bonds. The third kappa shape index (κ3) is 4.04. The fourth-order valence-corrected chi connectivity index (χ4v) is 2.44. The zero-order valence-corrected chi connectivity index (χ0v) is 11.8. The number of aromatic carboxylic acids is 1. The van der Waals surface area contributed by atoms with Gasteiger partial charge in [-0.25, -0.2) is 9.59 Å². The number of hydrogen-bond donors (Lipinski definition) is 4. The molecule has 0 unspecified atom stereocenters. The number of anilines is 1. The van der Waals surface area contributed by atoms with Crippen LogP contribution in [0.4, 0.5) is 9.80 Å². The number of nitrogens with one attached hydrogen (secondary N) is 2. The fraction of sp³-hybridized carbons (Fsp3) is 0.143. The van der Waals surface area contributed by atoms with Crippen molar-refractivity contribution in [1.82, 2.24) is 5.32 Å². The molecule has 2 rings (SSSR count). The van der Waals surface area contributed by atoms with Gasteiger partial charge in [0.1, 0.15) is 5.00 Å². The molecule has 110 valence electrons. The molecule has 0 saturated carbocycles. The van der Waals surface area contributed by atoms with Crippen LogP contribution >= 0.6 is 11.3 Å². The molecular formula is C14H14N2O4S. The van der Waals surface area contributed by atoms with Crippen LogP contribution in [0, 0.1) is 0 Å². The second-order valence-electron chi connectivity index (χ2n) is 4.25. The van der Waals surface area contributed by atoms with E-state index in [1.54, 1.807) is 29.6 Å². The van der Waals surface area contributed by atoms with Crippen molar-refractivity contribution >= 4 is 28.3 Å². The van der Waals surface area contributed by atoms with E-state index in [-0.39, 0.29) is 12.2 Å². The van der Waals surface area contributed by atoms with Crippen LogP contribution in [-0.4, -0.2) is 22.2 Å². The Bertz CT molecular complexity index is 637. The Labute approximate surface area is 125 Å². The van der Waals surface area contributed by atoms with Crippen molar-refractivity contribution in [2.75, 3.05) is 5.32 Å². The zero-order valence-electron chi connectivity index (χ0n) is 11.0. The first-order valence-electron chi connectivity index (χ1n) is 6.14. The predicted octanol–water partition coefficient (Wildman–Crippen LogP) is 2.26. The van der Waals surface area contributed by atoms with Gasteiger partial charge in [0.25, 0.3) is 0 Å². The Morgan fingerprint density at radius 2 is 1.76 bits per heavy atom. The maximum Gasteiger partial charge on any atom is 0.338 e. The van der Waals surface area contributed by atoms with Gasteiger partial charge in [0.2, 0.25) is 0 Å². The first kappa shape index (κ1) is 15.0. The van der Waals surface area contributed by atoms with Gasteiger partial charge in [0.05, 0.1) is 12.2 Å². The summed E-state index contributed by atoms with van der Waals surface area (Å²) in [6, 6.07) is 8.13. The highest BCUT2D eigenvalue weighted by molar-refractivity contribution is 7.14. The number of urea groups is 1. The molecule has 0 spiro atoms. The number of carbonyl (C=O) groups is 2. The Kier molecular flexibility index (Phi) is 4.91. The van der Waals surface area contributed by atoms with Gasteiger partial charge in [-0.2, -0.15) is 0 Å². The third-order valence-electron chi connectivity index (χ3n) is 2.78. The summed E-state index contributed by atoms with van der Waals surface area (Å²) in [6.07, 6.45) is 0. The van der Waals surface area contributed by atoms with E-state index in [0.717, 1.165) is 22.5 Å². The summed E-state index contributed by atoms with van der Waals surface area (Å²) in [4.78, 5) is 22.7. The Morgan fingerprint density at radius 1 is 1.10 bits per heavy atom. The minimum absolute atomic E-state index is 0.0233. The SMILES string of the molecule is O=C(NCc1ccc(CO)cc1)Nc1sccc1C(=O)O. The van der Waals surface area contributed by atoms with Crippen LogP contribution in [-0.2, 0) is 13.2 Å². The molecule has 0 aliphatic rings. The number of carboxylic acids is 1. The molecule has 21 heavy (non-hydrogen) atoms. The van der Waals surface area contributed by atoms with Crippen LogP contribution in [0.5, 0.6) is 0 Å². The van der Waals surface area contributed by atoms with E-state index in [2.05, 4.69) is 10.6 Å². The van der Waals surface area contributed by atoms with Gasteiger partial charge in [0.15, 0.2) is 0 Å². The summed E-state index contributed by atoms with van der Waals surface area (Å²) < 4.78 is 0. The first-order chi connectivity index (χ1) is 10.1. The van der Waals surface area contributed by atoms with Gasteiger partial charge >= 0.3 is 12.0 Å². The fourth-order valence-electron chi connectivity index (χ4n) is 1.67. The van der Waals surface area contributed by atoms with Crippen LogP contribution in [0.2, 0.25) is 0 Å². The molecule has 0 bridgehead atoms. The van der Waals surface area contributed by atoms with Gasteiger partial charge in [-0.1, -0.05) is 24.3 Å². The summed E-state index contributed by atoms with van der Waals surface area (Å²) in [6.45, 7) is 0.288. The molecule has 0 aliphatic heterocycles. The number of aliphatic hydroxyl groups is 1. The number of carbonyl (C=O) groups excluding carboxylic acids is 1. The molecule has 0 saturated heterocycles. The minimum atomic E-state index is -1.08. The van der Waals surface area contributed by atoms with E-state index < -0.39 is 12.0 Å². The standard InChI is InChI=1S/C14H14N2O4S/c17-8-10-3-1-9(2-4-10)7-15-14(20)16-12-11(13(18)19)5-6-21-12/h1-6,17H,7-8H2,(H,18,19)(H2,15,16,20). The average molecular weight is 306 g/mol. The molecule has 7 heteroatoms. The number of amides is 2. The lowest BCUT2D eigenvalue weighted by atomic mass is 10.1. The number of rotatable bonds is 5. The number of carboxylic acid groups (broad SMARTS) is 1. The highest BCUT2D eigenvalue weighted by Gasteiger charge is 2.13. The molecule has 1 aromatic heterocycles. The van der Waals surface area contributed by atoms with Crippen molar-refractivity contribution in [3.63, 3.8) is 0 Å². The normalized spacial score (nSPS) is 10.1. The topological polar surface area (TPSA) is 98.7 Å². The molecule has 0 fully saturated rings. The number of benzene rings is 1. The van der Waals surface area contributed by atoms with E-state index >= 15 is 0 Å². The second-order valence-corrected chi connectivity index (χ2v) is 5.17. The summed E-state index contributed by atoms with van der Waals surface area (Å²) in [5.41, 5.74) is 1.75. The Morgan fingerprint density at radius 3 is 2.38 bits per heavy atom. The van der Waals surface area contributed by atoms with Crippen molar-refractivity contribution < 1.29 is 19.8 Å². The second kappa shape index (κ2) is 6.87. The van der Waals surface area contributed by atoms with Gasteiger partial charge in [-0.3, -0.25) is 5.32 Å². The average Bonchev–Trinajstić information content (AvgIpc) is 2.94. The highest BCUT2D eigenvalue weighted by atomic mass is 32.1. The highest BCUT2D eigenvalue weighted by Crippen LogP contribution is 2.22. The molecule has 6 nitrogen and oxygen atoms in total. The van der Waals surface area contributed by atoms with E-state index in [1.165, 1.54) is 6.07 Å². The molecule has 0 aliphatic carbocycles. The number of aliphatic hydroxyl groups excluding tert-OH is 1. The zero-order chi connectivity index (χ0) is 15.2. The van der Waals surface area contributed by atoms with E-state index in [1.807, 2.05) is 0 Å². The molecular weight excluding hydrogens is 292 g/mol. The molecule has 0 atom stereocenters. The van der Waals surface area contributed by atoms with Crippen LogP contribution in [0.3, 0.4) is 0 Å². The van der Waals surface area contributed by atoms with Crippen LogP contribution in [0.25, 0.3) is 0 Å². The van der Waals surface area contributed by atoms with Gasteiger partial charge in [0, 0.05) is 6.54 Å². The lowest BCUT2D eigenvalue weighted by molar-refractivity contribution is 0.0698. The summed E-state index contributed by atoms with van der Waals surface area (Å²) >= 11 is 1.15. The Balaban J connectivity index is 1.89. The molecule has 1 heterocycles. The maximum atomic E-state index is 11.7. The number of thiophene rings is 1. The van der Waals surface area contributed by atoms with Gasteiger partial charge < -0.3 is 15.5 Å². The minimum Gasteiger partial charge on any atom is -0.478 e. The van der Waals surface area contributed by atoms with Crippen molar-refractivity contribution in [2.24, 2.45) is 0 Å². The lowest BCUT2D eigenvalue weighted by Gasteiger charge is -2.07. The molecule has 2 aromatic rings. The lowest BCUT2D eigenvalue weighted by Crippen LogP contribution is -2.28. The maximum absolute atomic E-state index is 11.7. The van der Waals surface area contributed by atoms with Crippen molar-refractivity contribution in [2.45, 2.75) is 13.2 Å². The van der Waals surface area contributed by atoms with E-state index in [4.69, 9.17) is 10.2 Å². The first-order valence-corrected chi connectivity index (χ1v) is 7.02. The van der Waals surface area contributed by atoms with Gasteiger partial charge in [-0.15, -0.1) is 11.3 Å². The molecule has 4 N–H and O–H groups in total. The Hall–Kier alpha value is -2.38. The number of hydrogen-bond acceptors (Lipinski definition) is 4. The molecule has 0 radical (unpaired) electrons. The predicted molar refractivity (Wildman–Crippen MR) is 79.5 cm³/mol. The largest absolute Gasteiger partial charge is 0.478 e.